The first kappa shape index (κ1) is 15.6. The fourth-order valence-corrected chi connectivity index (χ4v) is 2.64. The van der Waals surface area contributed by atoms with Crippen molar-refractivity contribution >= 4 is 15.9 Å². The standard InChI is InChI=1S/C14H17BrF3NO/c1-9(11-3-4-11)7-19-8-10-2-5-13(12(15)6-10)20-14(16,17)18/h2,5-6,9,11,19H,3-4,7-8H2,1H3. The minimum Gasteiger partial charge on any atom is -0.405 e. The largest absolute Gasteiger partial charge is 0.573 e. The Morgan fingerprint density at radius 3 is 2.65 bits per heavy atom. The Morgan fingerprint density at radius 1 is 1.40 bits per heavy atom. The van der Waals surface area contributed by atoms with E-state index in [1.165, 1.54) is 18.9 Å². The van der Waals surface area contributed by atoms with Gasteiger partial charge in [0, 0.05) is 6.54 Å². The minimum absolute atomic E-state index is 0.215. The van der Waals surface area contributed by atoms with Crippen LogP contribution in [0.3, 0.4) is 0 Å². The molecule has 2 rings (SSSR count). The summed E-state index contributed by atoms with van der Waals surface area (Å²) in [4.78, 5) is 0. The molecule has 1 unspecified atom stereocenters. The molecule has 1 aliphatic carbocycles. The monoisotopic (exact) mass is 351 g/mol. The summed E-state index contributed by atoms with van der Waals surface area (Å²) in [5, 5.41) is 3.33. The number of alkyl halides is 3. The molecule has 6 heteroatoms. The maximum atomic E-state index is 12.1. The first-order valence-corrected chi connectivity index (χ1v) is 7.39. The molecule has 0 radical (unpaired) electrons. The lowest BCUT2D eigenvalue weighted by Gasteiger charge is -2.13. The molecule has 0 saturated heterocycles. The molecule has 0 spiro atoms. The molecule has 1 atom stereocenters. The molecule has 1 fully saturated rings. The van der Waals surface area contributed by atoms with Gasteiger partial charge in [-0.25, -0.2) is 0 Å². The van der Waals surface area contributed by atoms with Crippen LogP contribution in [0.5, 0.6) is 5.75 Å². The van der Waals surface area contributed by atoms with E-state index in [1.807, 2.05) is 0 Å². The Labute approximate surface area is 124 Å². The maximum Gasteiger partial charge on any atom is 0.573 e. The number of rotatable bonds is 6. The highest BCUT2D eigenvalue weighted by Gasteiger charge is 2.32. The molecule has 1 saturated carbocycles. The van der Waals surface area contributed by atoms with Crippen molar-refractivity contribution < 1.29 is 17.9 Å². The summed E-state index contributed by atoms with van der Waals surface area (Å²) >= 11 is 3.10. The highest BCUT2D eigenvalue weighted by atomic mass is 79.9. The van der Waals surface area contributed by atoms with E-state index in [2.05, 4.69) is 32.9 Å². The van der Waals surface area contributed by atoms with Gasteiger partial charge in [-0.3, -0.25) is 0 Å². The van der Waals surface area contributed by atoms with Crippen LogP contribution in [0.4, 0.5) is 13.2 Å². The van der Waals surface area contributed by atoms with Crippen molar-refractivity contribution in [3.63, 3.8) is 0 Å². The number of hydrogen-bond donors (Lipinski definition) is 1. The van der Waals surface area contributed by atoms with Gasteiger partial charge >= 0.3 is 6.36 Å². The molecule has 0 bridgehead atoms. The highest BCUT2D eigenvalue weighted by molar-refractivity contribution is 9.10. The molecule has 0 aliphatic heterocycles. The quantitative estimate of drug-likeness (QED) is 0.815. The van der Waals surface area contributed by atoms with Crippen LogP contribution >= 0.6 is 15.9 Å². The molecule has 2 nitrogen and oxygen atoms in total. The number of halogens is 4. The molecule has 1 aromatic rings. The van der Waals surface area contributed by atoms with Crippen molar-refractivity contribution in [2.24, 2.45) is 11.8 Å². The number of nitrogens with one attached hydrogen (secondary N) is 1. The van der Waals surface area contributed by atoms with Crippen LogP contribution in [0, 0.1) is 11.8 Å². The van der Waals surface area contributed by atoms with Gasteiger partial charge in [0.05, 0.1) is 4.47 Å². The van der Waals surface area contributed by atoms with Crippen molar-refractivity contribution in [3.05, 3.63) is 28.2 Å². The molecule has 0 heterocycles. The zero-order valence-corrected chi connectivity index (χ0v) is 12.7. The van der Waals surface area contributed by atoms with Crippen LogP contribution in [-0.4, -0.2) is 12.9 Å². The molecule has 1 aromatic carbocycles. The van der Waals surface area contributed by atoms with Crippen LogP contribution in [0.1, 0.15) is 25.3 Å². The molecular formula is C14H17BrF3NO. The van der Waals surface area contributed by atoms with E-state index in [9.17, 15) is 13.2 Å². The van der Waals surface area contributed by atoms with E-state index in [1.54, 1.807) is 12.1 Å². The van der Waals surface area contributed by atoms with Gasteiger partial charge in [-0.15, -0.1) is 13.2 Å². The number of hydrogen-bond acceptors (Lipinski definition) is 2. The van der Waals surface area contributed by atoms with Crippen LogP contribution in [0.15, 0.2) is 22.7 Å². The Balaban J connectivity index is 1.84. The molecule has 1 N–H and O–H groups in total. The molecule has 1 aliphatic rings. The second kappa shape index (κ2) is 6.35. The third kappa shape index (κ3) is 4.98. The molecule has 0 aromatic heterocycles. The summed E-state index contributed by atoms with van der Waals surface area (Å²) in [7, 11) is 0. The Hall–Kier alpha value is -0.750. The lowest BCUT2D eigenvalue weighted by atomic mass is 10.1. The summed E-state index contributed by atoms with van der Waals surface area (Å²) in [6, 6.07) is 4.62. The van der Waals surface area contributed by atoms with Gasteiger partial charge in [-0.1, -0.05) is 13.0 Å². The third-order valence-electron chi connectivity index (χ3n) is 3.44. The normalized spacial score (nSPS) is 17.1. The summed E-state index contributed by atoms with van der Waals surface area (Å²) in [6.07, 6.45) is -2.03. The second-order valence-corrected chi connectivity index (χ2v) is 6.11. The zero-order valence-electron chi connectivity index (χ0n) is 11.1. The van der Waals surface area contributed by atoms with Gasteiger partial charge in [0.25, 0.3) is 0 Å². The van der Waals surface area contributed by atoms with E-state index in [0.29, 0.717) is 16.9 Å². The van der Waals surface area contributed by atoms with Crippen molar-refractivity contribution in [1.82, 2.24) is 5.32 Å². The molecule has 112 valence electrons. The van der Waals surface area contributed by atoms with E-state index in [-0.39, 0.29) is 5.75 Å². The number of benzene rings is 1. The van der Waals surface area contributed by atoms with Gasteiger partial charge in [0.15, 0.2) is 0 Å². The van der Waals surface area contributed by atoms with Gasteiger partial charge in [-0.05, 0) is 64.8 Å². The van der Waals surface area contributed by atoms with E-state index < -0.39 is 6.36 Å². The van der Waals surface area contributed by atoms with Crippen LogP contribution < -0.4 is 10.1 Å². The smallest absolute Gasteiger partial charge is 0.405 e. The van der Waals surface area contributed by atoms with Crippen LogP contribution in [0.2, 0.25) is 0 Å². The second-order valence-electron chi connectivity index (χ2n) is 5.26. The Bertz CT molecular complexity index is 460. The Morgan fingerprint density at radius 2 is 2.10 bits per heavy atom. The zero-order chi connectivity index (χ0) is 14.8. The fourth-order valence-electron chi connectivity index (χ4n) is 2.14. The van der Waals surface area contributed by atoms with E-state index >= 15 is 0 Å². The molecule has 20 heavy (non-hydrogen) atoms. The highest BCUT2D eigenvalue weighted by Crippen LogP contribution is 2.36. The van der Waals surface area contributed by atoms with Crippen molar-refractivity contribution in [1.29, 1.82) is 0 Å². The molecular weight excluding hydrogens is 335 g/mol. The average Bonchev–Trinajstić information content (AvgIpc) is 3.15. The fraction of sp³-hybridized carbons (Fsp3) is 0.571. The minimum atomic E-state index is -4.66. The summed E-state index contributed by atoms with van der Waals surface area (Å²) in [5.74, 6) is 1.29. The van der Waals surface area contributed by atoms with Crippen molar-refractivity contribution in [2.75, 3.05) is 6.54 Å². The average molecular weight is 352 g/mol. The van der Waals surface area contributed by atoms with Gasteiger partial charge in [-0.2, -0.15) is 0 Å². The van der Waals surface area contributed by atoms with Crippen LogP contribution in [-0.2, 0) is 6.54 Å². The first-order valence-electron chi connectivity index (χ1n) is 6.60. The predicted molar refractivity (Wildman–Crippen MR) is 74.4 cm³/mol. The van der Waals surface area contributed by atoms with Gasteiger partial charge in [0.2, 0.25) is 0 Å². The van der Waals surface area contributed by atoms with Crippen molar-refractivity contribution in [3.8, 4) is 5.75 Å². The number of ether oxygens (including phenoxy) is 1. The van der Waals surface area contributed by atoms with E-state index in [4.69, 9.17) is 0 Å². The lowest BCUT2D eigenvalue weighted by Crippen LogP contribution is -2.22. The first-order chi connectivity index (χ1) is 9.35. The molecule has 0 amide bonds. The summed E-state index contributed by atoms with van der Waals surface area (Å²) in [5.41, 5.74) is 0.925. The SMILES string of the molecule is CC(CNCc1ccc(OC(F)(F)F)c(Br)c1)C1CC1. The summed E-state index contributed by atoms with van der Waals surface area (Å²) in [6.45, 7) is 3.80. The maximum absolute atomic E-state index is 12.1. The van der Waals surface area contributed by atoms with E-state index in [0.717, 1.165) is 18.0 Å². The summed E-state index contributed by atoms with van der Waals surface area (Å²) < 4.78 is 40.6. The Kier molecular flexibility index (Phi) is 4.96. The lowest BCUT2D eigenvalue weighted by molar-refractivity contribution is -0.274. The third-order valence-corrected chi connectivity index (χ3v) is 4.06. The van der Waals surface area contributed by atoms with Crippen molar-refractivity contribution in [2.45, 2.75) is 32.7 Å². The predicted octanol–water partition coefficient (Wildman–Crippen LogP) is 4.48. The van der Waals surface area contributed by atoms with Gasteiger partial charge in [0.1, 0.15) is 5.75 Å². The van der Waals surface area contributed by atoms with Crippen LogP contribution in [0.25, 0.3) is 0 Å². The topological polar surface area (TPSA) is 21.3 Å². The van der Waals surface area contributed by atoms with Gasteiger partial charge < -0.3 is 10.1 Å².